The van der Waals surface area contributed by atoms with Crippen molar-refractivity contribution in [1.29, 1.82) is 0 Å². The van der Waals surface area contributed by atoms with Gasteiger partial charge in [-0.15, -0.1) is 11.3 Å². The van der Waals surface area contributed by atoms with Gasteiger partial charge >= 0.3 is 5.97 Å². The van der Waals surface area contributed by atoms with E-state index in [-0.39, 0.29) is 6.42 Å². The number of carboxylic acid groups (broad SMARTS) is 1. The van der Waals surface area contributed by atoms with Gasteiger partial charge in [-0.2, -0.15) is 0 Å². The van der Waals surface area contributed by atoms with Gasteiger partial charge < -0.3 is 5.11 Å². The highest BCUT2D eigenvalue weighted by molar-refractivity contribution is 7.12. The molecular weight excluding hydrogens is 246 g/mol. The van der Waals surface area contributed by atoms with Crippen LogP contribution in [0.4, 0.5) is 0 Å². The summed E-state index contributed by atoms with van der Waals surface area (Å²) >= 11 is 1.46. The van der Waals surface area contributed by atoms with Crippen molar-refractivity contribution in [2.75, 3.05) is 0 Å². The maximum absolute atomic E-state index is 10.9. The van der Waals surface area contributed by atoms with E-state index in [2.05, 4.69) is 17.1 Å². The maximum atomic E-state index is 10.9. The van der Waals surface area contributed by atoms with Crippen LogP contribution < -0.4 is 0 Å². The zero-order chi connectivity index (χ0) is 13.3. The number of rotatable bonds is 3. The lowest BCUT2D eigenvalue weighted by Crippen LogP contribution is -2.00. The molecule has 18 heavy (non-hydrogen) atoms. The number of benzene rings is 1. The SMILES string of the molecule is Cc1ccc(C)c(-c2nc(C)sc2CC(=O)O)c1. The Bertz CT molecular complexity index is 602. The second kappa shape index (κ2) is 4.90. The molecule has 0 bridgehead atoms. The lowest BCUT2D eigenvalue weighted by molar-refractivity contribution is -0.136. The average molecular weight is 261 g/mol. The fraction of sp³-hybridized carbons (Fsp3) is 0.286. The first-order chi connectivity index (χ1) is 8.47. The lowest BCUT2D eigenvalue weighted by atomic mass is 10.0. The number of carbonyl (C=O) groups is 1. The largest absolute Gasteiger partial charge is 0.481 e. The predicted octanol–water partition coefficient (Wildman–Crippen LogP) is 3.36. The Morgan fingerprint density at radius 1 is 1.33 bits per heavy atom. The van der Waals surface area contributed by atoms with Gasteiger partial charge in [0.05, 0.1) is 17.1 Å². The Labute approximate surface area is 110 Å². The Balaban J connectivity index is 2.55. The molecular formula is C14H15NO2S. The average Bonchev–Trinajstić information content (AvgIpc) is 2.62. The van der Waals surface area contributed by atoms with E-state index >= 15 is 0 Å². The molecule has 3 nitrogen and oxygen atoms in total. The minimum atomic E-state index is -0.815. The molecule has 1 N–H and O–H groups in total. The summed E-state index contributed by atoms with van der Waals surface area (Å²) in [6.07, 6.45) is 0.0359. The van der Waals surface area contributed by atoms with Gasteiger partial charge in [-0.1, -0.05) is 17.7 Å². The molecule has 1 heterocycles. The molecule has 0 atom stereocenters. The van der Waals surface area contributed by atoms with Crippen LogP contribution in [-0.2, 0) is 11.2 Å². The Kier molecular flexibility index (Phi) is 3.48. The first-order valence-corrected chi connectivity index (χ1v) is 6.54. The van der Waals surface area contributed by atoms with E-state index < -0.39 is 5.97 Å². The van der Waals surface area contributed by atoms with E-state index in [4.69, 9.17) is 5.11 Å². The number of aliphatic carboxylic acids is 1. The summed E-state index contributed by atoms with van der Waals surface area (Å²) in [5.74, 6) is -0.815. The molecule has 0 unspecified atom stereocenters. The Morgan fingerprint density at radius 2 is 2.06 bits per heavy atom. The van der Waals surface area contributed by atoms with Crippen LogP contribution in [0.5, 0.6) is 0 Å². The zero-order valence-electron chi connectivity index (χ0n) is 10.7. The number of aryl methyl sites for hydroxylation is 3. The molecule has 1 aromatic carbocycles. The van der Waals surface area contributed by atoms with E-state index in [9.17, 15) is 4.79 Å². The van der Waals surface area contributed by atoms with E-state index in [1.54, 1.807) is 0 Å². The molecule has 1 aromatic heterocycles. The molecule has 0 saturated carbocycles. The maximum Gasteiger partial charge on any atom is 0.308 e. The third-order valence-electron chi connectivity index (χ3n) is 2.76. The van der Waals surface area contributed by atoms with E-state index in [0.717, 1.165) is 32.3 Å². The minimum Gasteiger partial charge on any atom is -0.481 e. The second-order valence-electron chi connectivity index (χ2n) is 4.39. The van der Waals surface area contributed by atoms with Crippen molar-refractivity contribution in [2.45, 2.75) is 27.2 Å². The monoisotopic (exact) mass is 261 g/mol. The molecule has 0 aliphatic heterocycles. The van der Waals surface area contributed by atoms with Crippen molar-refractivity contribution in [3.63, 3.8) is 0 Å². The van der Waals surface area contributed by atoms with Gasteiger partial charge in [0, 0.05) is 10.4 Å². The molecule has 0 radical (unpaired) electrons. The number of thiazole rings is 1. The van der Waals surface area contributed by atoms with Crippen LogP contribution >= 0.6 is 11.3 Å². The van der Waals surface area contributed by atoms with Gasteiger partial charge in [-0.05, 0) is 32.4 Å². The Morgan fingerprint density at radius 3 is 2.72 bits per heavy atom. The van der Waals surface area contributed by atoms with Gasteiger partial charge in [0.1, 0.15) is 0 Å². The van der Waals surface area contributed by atoms with Crippen LogP contribution in [0.15, 0.2) is 18.2 Å². The van der Waals surface area contributed by atoms with Gasteiger partial charge in [-0.3, -0.25) is 4.79 Å². The number of hydrogen-bond acceptors (Lipinski definition) is 3. The Hall–Kier alpha value is -1.68. The molecule has 0 fully saturated rings. The highest BCUT2D eigenvalue weighted by Gasteiger charge is 2.15. The predicted molar refractivity (Wildman–Crippen MR) is 73.1 cm³/mol. The molecule has 94 valence electrons. The lowest BCUT2D eigenvalue weighted by Gasteiger charge is -2.06. The van der Waals surface area contributed by atoms with Crippen LogP contribution in [0.1, 0.15) is 21.0 Å². The van der Waals surface area contributed by atoms with Gasteiger partial charge in [0.25, 0.3) is 0 Å². The molecule has 0 aliphatic carbocycles. The molecule has 2 aromatic rings. The molecule has 0 saturated heterocycles. The third-order valence-corrected chi connectivity index (χ3v) is 3.74. The highest BCUT2D eigenvalue weighted by Crippen LogP contribution is 2.31. The van der Waals surface area contributed by atoms with Crippen LogP contribution in [-0.4, -0.2) is 16.1 Å². The standard InChI is InChI=1S/C14H15NO2S/c1-8-4-5-9(2)11(6-8)14-12(7-13(16)17)18-10(3)15-14/h4-6H,7H2,1-3H3,(H,16,17). The van der Waals surface area contributed by atoms with Crippen molar-refractivity contribution < 1.29 is 9.90 Å². The number of nitrogens with zero attached hydrogens (tertiary/aromatic N) is 1. The fourth-order valence-corrected chi connectivity index (χ4v) is 2.87. The van der Waals surface area contributed by atoms with Crippen molar-refractivity contribution >= 4 is 17.3 Å². The summed E-state index contributed by atoms with van der Waals surface area (Å²) < 4.78 is 0. The van der Waals surface area contributed by atoms with Crippen molar-refractivity contribution in [3.8, 4) is 11.3 Å². The molecule has 0 spiro atoms. The summed E-state index contributed by atoms with van der Waals surface area (Å²) in [6.45, 7) is 5.96. The van der Waals surface area contributed by atoms with Gasteiger partial charge in [0.2, 0.25) is 0 Å². The number of carboxylic acids is 1. The van der Waals surface area contributed by atoms with Crippen LogP contribution in [0.25, 0.3) is 11.3 Å². The smallest absolute Gasteiger partial charge is 0.308 e. The molecule has 2 rings (SSSR count). The summed E-state index contributed by atoms with van der Waals surface area (Å²) in [5, 5.41) is 9.86. The molecule has 0 amide bonds. The third kappa shape index (κ3) is 2.59. The van der Waals surface area contributed by atoms with Crippen molar-refractivity contribution in [1.82, 2.24) is 4.98 Å². The highest BCUT2D eigenvalue weighted by atomic mass is 32.1. The van der Waals surface area contributed by atoms with Crippen molar-refractivity contribution in [3.05, 3.63) is 39.2 Å². The second-order valence-corrected chi connectivity index (χ2v) is 5.68. The first kappa shape index (κ1) is 12.8. The minimum absolute atomic E-state index is 0.0359. The van der Waals surface area contributed by atoms with Gasteiger partial charge in [-0.25, -0.2) is 4.98 Å². The quantitative estimate of drug-likeness (QED) is 0.921. The van der Waals surface area contributed by atoms with Crippen LogP contribution in [0.2, 0.25) is 0 Å². The van der Waals surface area contributed by atoms with E-state index in [1.165, 1.54) is 11.3 Å². The van der Waals surface area contributed by atoms with E-state index in [1.807, 2.05) is 26.8 Å². The number of hydrogen-bond donors (Lipinski definition) is 1. The normalized spacial score (nSPS) is 10.6. The summed E-state index contributed by atoms with van der Waals surface area (Å²) in [6, 6.07) is 6.16. The first-order valence-electron chi connectivity index (χ1n) is 5.73. The van der Waals surface area contributed by atoms with E-state index in [0.29, 0.717) is 0 Å². The number of aromatic nitrogens is 1. The topological polar surface area (TPSA) is 50.2 Å². The molecule has 0 aliphatic rings. The van der Waals surface area contributed by atoms with Crippen LogP contribution in [0.3, 0.4) is 0 Å². The molecule has 4 heteroatoms. The summed E-state index contributed by atoms with van der Waals surface area (Å²) in [4.78, 5) is 16.2. The van der Waals surface area contributed by atoms with Gasteiger partial charge in [0.15, 0.2) is 0 Å². The summed E-state index contributed by atoms with van der Waals surface area (Å²) in [5.41, 5.74) is 4.14. The zero-order valence-corrected chi connectivity index (χ0v) is 11.5. The van der Waals surface area contributed by atoms with Crippen molar-refractivity contribution in [2.24, 2.45) is 0 Å². The fourth-order valence-electron chi connectivity index (χ4n) is 1.93. The van der Waals surface area contributed by atoms with Crippen LogP contribution in [0, 0.1) is 20.8 Å². The summed E-state index contributed by atoms with van der Waals surface area (Å²) in [7, 11) is 0.